The molecule has 5 N–H and O–H groups in total. The van der Waals surface area contributed by atoms with E-state index in [-0.39, 0.29) is 24.0 Å². The van der Waals surface area contributed by atoms with Crippen molar-refractivity contribution >= 4 is 23.1 Å². The van der Waals surface area contributed by atoms with Crippen LogP contribution in [0.25, 0.3) is 0 Å². The smallest absolute Gasteiger partial charge is 0.282 e. The molecule has 0 saturated heterocycles. The fourth-order valence-electron chi connectivity index (χ4n) is 1.55. The highest BCUT2D eigenvalue weighted by molar-refractivity contribution is 5.60. The number of azo groups is 1. The van der Waals surface area contributed by atoms with Gasteiger partial charge >= 0.3 is 0 Å². The number of H-pyrrole nitrogens is 1. The number of nitrogens with two attached hydrogens (primary N) is 1. The van der Waals surface area contributed by atoms with E-state index in [1.54, 1.807) is 19.1 Å². The summed E-state index contributed by atoms with van der Waals surface area (Å²) in [4.78, 5) is 18.2. The van der Waals surface area contributed by atoms with Gasteiger partial charge in [0.1, 0.15) is 0 Å². The molecule has 1 atom stereocenters. The Hall–Kier alpha value is -2.74. The summed E-state index contributed by atoms with van der Waals surface area (Å²) < 4.78 is 0. The summed E-state index contributed by atoms with van der Waals surface area (Å²) in [6.45, 7) is 1.82. The Labute approximate surface area is 120 Å². The molecule has 0 aliphatic carbocycles. The molecule has 1 heterocycles. The Bertz CT molecular complexity index is 681. The van der Waals surface area contributed by atoms with E-state index in [4.69, 9.17) is 5.73 Å². The Balaban J connectivity index is 2.33. The molecule has 0 radical (unpaired) electrons. The zero-order valence-electron chi connectivity index (χ0n) is 11.4. The van der Waals surface area contributed by atoms with Crippen molar-refractivity contribution in [2.75, 3.05) is 17.6 Å². The number of anilines is 2. The van der Waals surface area contributed by atoms with E-state index in [1.807, 2.05) is 18.2 Å². The normalized spacial score (nSPS) is 12.5. The highest BCUT2D eigenvalue weighted by Gasteiger charge is 2.10. The Kier molecular flexibility index (Phi) is 4.62. The van der Waals surface area contributed by atoms with Gasteiger partial charge in [0, 0.05) is 6.54 Å². The van der Waals surface area contributed by atoms with Crippen LogP contribution in [0.4, 0.5) is 23.1 Å². The summed E-state index contributed by atoms with van der Waals surface area (Å²) in [5.74, 6) is 0.142. The summed E-state index contributed by atoms with van der Waals surface area (Å²) in [5, 5.41) is 20.0. The molecule has 0 saturated carbocycles. The number of nitrogen functional groups attached to an aromatic ring is 1. The molecule has 0 spiro atoms. The molecule has 8 heteroatoms. The maximum Gasteiger partial charge on any atom is 0.282 e. The van der Waals surface area contributed by atoms with Crippen LogP contribution in [-0.4, -0.2) is 27.7 Å². The van der Waals surface area contributed by atoms with Gasteiger partial charge in [0.25, 0.3) is 5.56 Å². The van der Waals surface area contributed by atoms with Gasteiger partial charge in [0.05, 0.1) is 11.8 Å². The van der Waals surface area contributed by atoms with Crippen LogP contribution in [-0.2, 0) is 0 Å². The second-order valence-corrected chi connectivity index (χ2v) is 4.41. The first kappa shape index (κ1) is 14.7. The van der Waals surface area contributed by atoms with Crippen LogP contribution >= 0.6 is 0 Å². The summed E-state index contributed by atoms with van der Waals surface area (Å²) >= 11 is 0. The number of aromatic amines is 1. The molecule has 1 aromatic carbocycles. The van der Waals surface area contributed by atoms with Crippen molar-refractivity contribution < 1.29 is 5.11 Å². The minimum absolute atomic E-state index is 0.00806. The maximum absolute atomic E-state index is 11.9. The molecule has 1 unspecified atom stereocenters. The molecule has 8 nitrogen and oxygen atoms in total. The number of nitrogens with zero attached hydrogens (tertiary/aromatic N) is 3. The lowest BCUT2D eigenvalue weighted by molar-refractivity contribution is 0.208. The van der Waals surface area contributed by atoms with Crippen LogP contribution in [0.2, 0.25) is 0 Å². The van der Waals surface area contributed by atoms with Crippen molar-refractivity contribution in [2.45, 2.75) is 13.0 Å². The van der Waals surface area contributed by atoms with Crippen LogP contribution in [0.3, 0.4) is 0 Å². The van der Waals surface area contributed by atoms with E-state index in [9.17, 15) is 9.90 Å². The monoisotopic (exact) mass is 288 g/mol. The number of aliphatic hydroxyl groups is 1. The van der Waals surface area contributed by atoms with Gasteiger partial charge < -0.3 is 16.2 Å². The first-order valence-electron chi connectivity index (χ1n) is 6.35. The van der Waals surface area contributed by atoms with Gasteiger partial charge in [-0.15, -0.1) is 5.11 Å². The average molecular weight is 288 g/mol. The van der Waals surface area contributed by atoms with Gasteiger partial charge in [-0.1, -0.05) is 18.2 Å². The minimum atomic E-state index is -0.605. The summed E-state index contributed by atoms with van der Waals surface area (Å²) in [6, 6.07) is 8.99. The minimum Gasteiger partial charge on any atom is -0.392 e. The number of nitrogens with one attached hydrogen (secondary N) is 2. The fraction of sp³-hybridized carbons (Fsp3) is 0.231. The molecule has 0 fully saturated rings. The van der Waals surface area contributed by atoms with Crippen molar-refractivity contribution in [3.05, 3.63) is 40.7 Å². The second-order valence-electron chi connectivity index (χ2n) is 4.41. The molecular weight excluding hydrogens is 272 g/mol. The number of aliphatic hydroxyl groups excluding tert-OH is 1. The van der Waals surface area contributed by atoms with Crippen LogP contribution in [0.5, 0.6) is 0 Å². The van der Waals surface area contributed by atoms with Crippen molar-refractivity contribution in [1.82, 2.24) is 9.97 Å². The Morgan fingerprint density at radius 2 is 2.10 bits per heavy atom. The van der Waals surface area contributed by atoms with Gasteiger partial charge in [0.15, 0.2) is 11.5 Å². The van der Waals surface area contributed by atoms with E-state index in [2.05, 4.69) is 25.5 Å². The van der Waals surface area contributed by atoms with E-state index in [0.29, 0.717) is 5.69 Å². The summed E-state index contributed by atoms with van der Waals surface area (Å²) in [5.41, 5.74) is 5.61. The predicted molar refractivity (Wildman–Crippen MR) is 80.1 cm³/mol. The van der Waals surface area contributed by atoms with Crippen molar-refractivity contribution in [3.8, 4) is 0 Å². The third-order valence-corrected chi connectivity index (χ3v) is 2.50. The maximum atomic E-state index is 11.9. The van der Waals surface area contributed by atoms with Gasteiger partial charge in [-0.25, -0.2) is 0 Å². The second kappa shape index (κ2) is 6.62. The zero-order valence-corrected chi connectivity index (χ0v) is 11.4. The topological polar surface area (TPSA) is 129 Å². The lowest BCUT2D eigenvalue weighted by atomic mass is 10.3. The highest BCUT2D eigenvalue weighted by Crippen LogP contribution is 2.21. The van der Waals surface area contributed by atoms with Crippen LogP contribution in [0.15, 0.2) is 45.4 Å². The molecule has 0 amide bonds. The molecule has 0 aliphatic heterocycles. The number of hydrogen-bond acceptors (Lipinski definition) is 7. The van der Waals surface area contributed by atoms with E-state index < -0.39 is 11.7 Å². The number of hydrogen-bond donors (Lipinski definition) is 4. The third-order valence-electron chi connectivity index (χ3n) is 2.50. The summed E-state index contributed by atoms with van der Waals surface area (Å²) in [6.07, 6.45) is -0.605. The van der Waals surface area contributed by atoms with Crippen molar-refractivity contribution in [3.63, 3.8) is 0 Å². The Morgan fingerprint density at radius 1 is 1.38 bits per heavy atom. The average Bonchev–Trinajstić information content (AvgIpc) is 2.45. The van der Waals surface area contributed by atoms with Crippen LogP contribution < -0.4 is 16.6 Å². The number of rotatable bonds is 5. The van der Waals surface area contributed by atoms with E-state index >= 15 is 0 Å². The van der Waals surface area contributed by atoms with Gasteiger partial charge in [-0.3, -0.25) is 9.78 Å². The van der Waals surface area contributed by atoms with Crippen molar-refractivity contribution in [1.29, 1.82) is 0 Å². The summed E-state index contributed by atoms with van der Waals surface area (Å²) in [7, 11) is 0. The molecule has 2 rings (SSSR count). The lowest BCUT2D eigenvalue weighted by Crippen LogP contribution is -2.19. The molecular formula is C13H16N6O2. The standard InChI is InChI=1S/C13H16N6O2/c1-8(20)7-15-11-10(12(21)17-13(14)16-11)19-18-9-5-3-2-4-6-9/h2-6,8,20H,7H2,1H3,(H4,14,15,16,17,21). The highest BCUT2D eigenvalue weighted by atomic mass is 16.3. The lowest BCUT2D eigenvalue weighted by Gasteiger charge is -2.09. The van der Waals surface area contributed by atoms with E-state index in [1.165, 1.54) is 0 Å². The van der Waals surface area contributed by atoms with Crippen LogP contribution in [0.1, 0.15) is 6.92 Å². The number of benzene rings is 1. The van der Waals surface area contributed by atoms with Gasteiger partial charge in [-0.2, -0.15) is 10.1 Å². The van der Waals surface area contributed by atoms with Gasteiger partial charge in [0.2, 0.25) is 5.95 Å². The zero-order chi connectivity index (χ0) is 15.2. The van der Waals surface area contributed by atoms with E-state index in [0.717, 1.165) is 0 Å². The van der Waals surface area contributed by atoms with Crippen molar-refractivity contribution in [2.24, 2.45) is 10.2 Å². The van der Waals surface area contributed by atoms with Gasteiger partial charge in [-0.05, 0) is 19.1 Å². The molecule has 2 aromatic rings. The third kappa shape index (κ3) is 4.11. The largest absolute Gasteiger partial charge is 0.392 e. The molecule has 21 heavy (non-hydrogen) atoms. The fourth-order valence-corrected chi connectivity index (χ4v) is 1.55. The first-order valence-corrected chi connectivity index (χ1v) is 6.35. The van der Waals surface area contributed by atoms with Crippen LogP contribution in [0, 0.1) is 0 Å². The molecule has 0 bridgehead atoms. The molecule has 110 valence electrons. The predicted octanol–water partition coefficient (Wildman–Crippen LogP) is 1.56. The quantitative estimate of drug-likeness (QED) is 0.620. The number of aromatic nitrogens is 2. The molecule has 1 aromatic heterocycles. The Morgan fingerprint density at radius 3 is 2.76 bits per heavy atom. The first-order chi connectivity index (χ1) is 10.1. The SMILES string of the molecule is CC(O)CNc1nc(N)[nH]c(=O)c1N=Nc1ccccc1. The molecule has 0 aliphatic rings.